The number of amides is 4. The second kappa shape index (κ2) is 39.7. The number of aliphatic carboxylic acids is 4. The van der Waals surface area contributed by atoms with Gasteiger partial charge < -0.3 is 55.5 Å². The molecule has 0 saturated heterocycles. The zero-order chi connectivity index (χ0) is 78.6. The maximum atomic E-state index is 13.3. The van der Waals surface area contributed by atoms with Gasteiger partial charge in [-0.2, -0.15) is 9.97 Å². The van der Waals surface area contributed by atoms with Gasteiger partial charge in [-0.25, -0.2) is 38.7 Å². The van der Waals surface area contributed by atoms with Gasteiger partial charge in [0.25, 0.3) is 22.9 Å². The van der Waals surface area contributed by atoms with Crippen LogP contribution in [0.4, 0.5) is 23.3 Å². The molecule has 4 amide bonds. The maximum Gasteiger partial charge on any atom is 0.538 e. The second-order valence-corrected chi connectivity index (χ2v) is 27.2. The maximum absolute atomic E-state index is 13.3. The Morgan fingerprint density at radius 3 is 1.33 bits per heavy atom. The Morgan fingerprint density at radius 2 is 0.954 bits per heavy atom. The third-order valence-electron chi connectivity index (χ3n) is 16.6. The van der Waals surface area contributed by atoms with E-state index in [2.05, 4.69) is 80.8 Å². The number of anilines is 4. The summed E-state index contributed by atoms with van der Waals surface area (Å²) in [5.41, 5.74) is -2.24. The molecule has 6 aromatic rings. The van der Waals surface area contributed by atoms with Gasteiger partial charge in [0.05, 0.1) is 69.9 Å². The molecule has 2 aromatic carbocycles. The lowest BCUT2D eigenvalue weighted by atomic mass is 9.64. The molecule has 2 unspecified atom stereocenters. The van der Waals surface area contributed by atoms with E-state index < -0.39 is 116 Å². The lowest BCUT2D eigenvalue weighted by Crippen LogP contribution is -2.49. The number of carboxylic acids is 4. The first kappa shape index (κ1) is 83.7. The molecule has 0 bridgehead atoms. The predicted octanol–water partition coefficient (Wildman–Crippen LogP) is 5.95. The molecule has 0 aliphatic heterocycles. The first-order valence-electron chi connectivity index (χ1n) is 33.7. The number of unbranched alkanes of at least 4 members (excludes halogenated alkanes) is 3. The highest BCUT2D eigenvalue weighted by atomic mass is 31.2. The van der Waals surface area contributed by atoms with E-state index in [0.29, 0.717) is 80.6 Å². The number of benzene rings is 2. The van der Waals surface area contributed by atoms with E-state index in [-0.39, 0.29) is 129 Å². The number of terminal acetylenes is 2. The van der Waals surface area contributed by atoms with E-state index in [1.54, 1.807) is 50.3 Å². The number of phosphoric acid groups is 2. The number of Topliss-reactive ketones (excluding diaryl/α,β-unsaturated/α-hetero) is 1. The number of carbonyl (C=O) groups excluding carboxylic acids is 6. The lowest BCUT2D eigenvalue weighted by molar-refractivity contribution is -0.166. The first-order chi connectivity index (χ1) is 51.6. The molecular weight excluding hydrogens is 1460 g/mol. The number of aromatic nitrogens is 8. The quantitative estimate of drug-likeness (QED) is 0.00691. The molecule has 39 nitrogen and oxygen atoms in total. The van der Waals surface area contributed by atoms with Crippen LogP contribution in [-0.2, 0) is 92.5 Å². The molecule has 108 heavy (non-hydrogen) atoms. The van der Waals surface area contributed by atoms with Crippen LogP contribution in [-0.4, -0.2) is 165 Å². The summed E-state index contributed by atoms with van der Waals surface area (Å²) in [4.78, 5) is 178. The highest BCUT2D eigenvalue weighted by molar-refractivity contribution is 7.48. The minimum atomic E-state index is -3.88. The van der Waals surface area contributed by atoms with Gasteiger partial charge in [-0.1, -0.05) is 32.1 Å². The third-order valence-corrected chi connectivity index (χ3v) is 19.4. The van der Waals surface area contributed by atoms with Crippen molar-refractivity contribution in [3.8, 4) is 25.1 Å². The number of esters is 1. The Labute approximate surface area is 614 Å². The van der Waals surface area contributed by atoms with Gasteiger partial charge in [0.2, 0.25) is 23.7 Å². The summed E-state index contributed by atoms with van der Waals surface area (Å²) >= 11 is 0. The average Bonchev–Trinajstić information content (AvgIpc) is 0.773. The Bertz CT molecular complexity index is 4310. The van der Waals surface area contributed by atoms with Crippen LogP contribution in [0.2, 0.25) is 0 Å². The summed E-state index contributed by atoms with van der Waals surface area (Å²) in [6.07, 6.45) is 19.6. The number of H-pyrrole nitrogens is 2. The predicted molar refractivity (Wildman–Crippen MR) is 379 cm³/mol. The van der Waals surface area contributed by atoms with Gasteiger partial charge in [-0.15, -0.1) is 0 Å². The van der Waals surface area contributed by atoms with Crippen molar-refractivity contribution in [2.24, 2.45) is 10.8 Å². The largest absolute Gasteiger partial charge is 0.538 e. The number of carboxylic acid groups (broad SMARTS) is 4. The van der Waals surface area contributed by atoms with Crippen molar-refractivity contribution in [2.75, 3.05) is 54.3 Å². The fraction of sp³-hybridized carbons (Fsp3) is 0.433. The van der Waals surface area contributed by atoms with Crippen molar-refractivity contribution < 1.29 is 109 Å². The van der Waals surface area contributed by atoms with E-state index in [1.165, 1.54) is 36.7 Å². The summed E-state index contributed by atoms with van der Waals surface area (Å²) in [7, 11) is -7.71. The van der Waals surface area contributed by atoms with Gasteiger partial charge in [0, 0.05) is 41.8 Å². The summed E-state index contributed by atoms with van der Waals surface area (Å²) in [5.74, 6) is -9.10. The van der Waals surface area contributed by atoms with Crippen molar-refractivity contribution in [1.82, 2.24) is 50.5 Å². The lowest BCUT2D eigenvalue weighted by Gasteiger charge is -2.38. The average molecular weight is 1540 g/mol. The summed E-state index contributed by atoms with van der Waals surface area (Å²) in [6.45, 7) is 3.53. The molecule has 2 saturated carbocycles. The smallest absolute Gasteiger partial charge is 0.481 e. The fourth-order valence-corrected chi connectivity index (χ4v) is 12.5. The minimum Gasteiger partial charge on any atom is -0.481 e. The molecule has 8 rings (SSSR count). The van der Waals surface area contributed by atoms with Crippen molar-refractivity contribution in [1.29, 1.82) is 0 Å². The molecule has 12 N–H and O–H groups in total. The van der Waals surface area contributed by atoms with Crippen LogP contribution in [0.5, 0.6) is 0 Å². The van der Waals surface area contributed by atoms with Crippen LogP contribution in [0.25, 0.3) is 22.3 Å². The molecule has 2 aliphatic carbocycles. The monoisotopic (exact) mass is 1540 g/mol. The summed E-state index contributed by atoms with van der Waals surface area (Å²) in [5, 5.41) is 51.9. The molecule has 4 heterocycles. The number of fused-ring (bicyclic) bond motifs is 2. The first-order valence-corrected chi connectivity index (χ1v) is 36.6. The molecule has 576 valence electrons. The Kier molecular flexibility index (Phi) is 30.7. The van der Waals surface area contributed by atoms with Crippen molar-refractivity contribution in [2.45, 2.75) is 142 Å². The number of phosphoric ester groups is 2. The highest BCUT2D eigenvalue weighted by Gasteiger charge is 2.53. The Hall–Kier alpha value is -11.6. The minimum absolute atomic E-state index is 0.0334. The number of ether oxygens (including phenoxy) is 1. The molecular formula is C67H78N14O25P2. The van der Waals surface area contributed by atoms with Gasteiger partial charge in [-0.3, -0.25) is 86.6 Å². The standard InChI is InChI=1S/C34H40N7O12P.C33H38N7O13P/c1-3-51-54(50,52-4-2)53-18-7-5-6-9-25(42)34(16-8-17-34)32(49)41-33-39-28-27(30(46)40-33)37-23(20-36-28)19-35-22-12-10-21(11-13-22)29(45)38-24(31(47)48)14-15-26(43)44;1-3-51-54(49,52-4-2)53-17-6-5-16-50-31(48)33(14-7-15-33)30(47)40-32-38-26-25(28(44)39-32)36-22(19-35-26)18-34-21-10-8-20(9-11-21)27(43)37-23(29(45)46)12-13-24(41)42/h1,10-13,20,24,35H,4-9,14-19H2,2H3,(H,38,45)(H,43,44)(H,47,48)(H2,36,39,40,41,46,49);1,8-11,19,23,34H,4-7,12-18H2,2H3,(H,37,43)(H,41,42)(H,45,46)(H2,35,38,39,40,44,47)/t24-,54?;23-,54?/m00/s1. The summed E-state index contributed by atoms with van der Waals surface area (Å²) in [6, 6.07) is 9.31. The van der Waals surface area contributed by atoms with Crippen LogP contribution in [0, 0.1) is 35.9 Å². The zero-order valence-electron chi connectivity index (χ0n) is 58.3. The van der Waals surface area contributed by atoms with Crippen LogP contribution in [0.3, 0.4) is 0 Å². The van der Waals surface area contributed by atoms with Crippen molar-refractivity contribution >= 4 is 121 Å². The summed E-state index contributed by atoms with van der Waals surface area (Å²) < 4.78 is 59.2. The molecule has 4 aromatic heterocycles. The van der Waals surface area contributed by atoms with Gasteiger partial charge in [-0.05, 0) is 127 Å². The van der Waals surface area contributed by atoms with Gasteiger partial charge >= 0.3 is 45.5 Å². The number of ketones is 1. The Balaban J connectivity index is 0.000000301. The molecule has 4 atom stereocenters. The molecule has 0 spiro atoms. The number of aromatic amines is 2. The Morgan fingerprint density at radius 1 is 0.546 bits per heavy atom. The third kappa shape index (κ3) is 23.7. The van der Waals surface area contributed by atoms with Crippen molar-refractivity contribution in [3.63, 3.8) is 0 Å². The van der Waals surface area contributed by atoms with Crippen LogP contribution in [0.1, 0.15) is 149 Å². The molecule has 0 radical (unpaired) electrons. The number of nitrogens with one attached hydrogen (secondary N) is 8. The highest BCUT2D eigenvalue weighted by Crippen LogP contribution is 2.50. The van der Waals surface area contributed by atoms with Crippen LogP contribution < -0.4 is 43.0 Å². The number of carbonyl (C=O) groups is 10. The van der Waals surface area contributed by atoms with Gasteiger partial charge in [0.1, 0.15) is 40.9 Å². The van der Waals surface area contributed by atoms with E-state index in [9.17, 15) is 76.9 Å². The van der Waals surface area contributed by atoms with E-state index in [4.69, 9.17) is 45.9 Å². The van der Waals surface area contributed by atoms with Crippen molar-refractivity contribution in [3.05, 3.63) is 104 Å². The number of hydrogen-bond acceptors (Lipinski definition) is 29. The topological polar surface area (TPSA) is 566 Å². The number of hydrogen-bond donors (Lipinski definition) is 12. The number of rotatable bonds is 43. The zero-order valence-corrected chi connectivity index (χ0v) is 60.1. The fourth-order valence-electron chi connectivity index (χ4n) is 10.6. The van der Waals surface area contributed by atoms with E-state index in [1.807, 2.05) is 0 Å². The SMILES string of the molecule is C#COP(=O)(OCC)OCCCCCC(=O)C1(C(=O)Nc2nc3ncc(CNc4ccc(C(=O)N[C@@H](CCC(=O)O)C(=O)O)cc4)nc3c(=O)[nH]2)CCC1.C#COP(=O)(OCC)OCCCCOC(=O)C1(C(=O)Nc2nc3ncc(CNc4ccc(C(=O)N[C@@H](CCC(=O)O)C(=O)O)cc4)nc3c(=O)[nH]2)CCC1. The van der Waals surface area contributed by atoms with Gasteiger partial charge in [0.15, 0.2) is 22.3 Å². The van der Waals surface area contributed by atoms with Crippen LogP contribution in [0.15, 0.2) is 70.5 Å². The number of nitrogens with zero attached hydrogens (tertiary/aromatic N) is 6. The normalized spacial score (nSPS) is 14.7. The molecule has 2 fully saturated rings. The molecule has 41 heteroatoms. The van der Waals surface area contributed by atoms with Crippen LogP contribution >= 0.6 is 15.6 Å². The van der Waals surface area contributed by atoms with E-state index >= 15 is 0 Å². The molecule has 2 aliphatic rings. The van der Waals surface area contributed by atoms with E-state index in [0.717, 1.165) is 0 Å². The second-order valence-electron chi connectivity index (χ2n) is 24.0.